The number of hydrogen-bond acceptors (Lipinski definition) is 1. The van der Waals surface area contributed by atoms with Crippen LogP contribution in [0.15, 0.2) is 24.3 Å². The van der Waals surface area contributed by atoms with Crippen molar-refractivity contribution in [2.45, 2.75) is 38.5 Å². The van der Waals surface area contributed by atoms with Crippen LogP contribution >= 0.6 is 0 Å². The maximum absolute atomic E-state index is 11.8. The van der Waals surface area contributed by atoms with E-state index in [2.05, 4.69) is 38.1 Å². The first-order valence-corrected chi connectivity index (χ1v) is 5.69. The van der Waals surface area contributed by atoms with Gasteiger partial charge in [0.25, 0.3) is 0 Å². The fourth-order valence-corrected chi connectivity index (χ4v) is 3.33. The number of carbonyl (C=O) groups is 1. The Hall–Kier alpha value is -1.11. The van der Waals surface area contributed by atoms with Crippen molar-refractivity contribution in [1.29, 1.82) is 0 Å². The summed E-state index contributed by atoms with van der Waals surface area (Å²) in [5.74, 6) is 0.475. The van der Waals surface area contributed by atoms with Crippen molar-refractivity contribution in [3.63, 3.8) is 0 Å². The summed E-state index contributed by atoms with van der Waals surface area (Å²) < 4.78 is 0. The van der Waals surface area contributed by atoms with Crippen molar-refractivity contribution in [2.75, 3.05) is 0 Å². The average Bonchev–Trinajstić information content (AvgIpc) is 2.77. The summed E-state index contributed by atoms with van der Waals surface area (Å²) in [6.45, 7) is 4.25. The lowest BCUT2D eigenvalue weighted by molar-refractivity contribution is -0.122. The summed E-state index contributed by atoms with van der Waals surface area (Å²) in [6.07, 6.45) is 2.91. The van der Waals surface area contributed by atoms with E-state index >= 15 is 0 Å². The van der Waals surface area contributed by atoms with Crippen LogP contribution in [0.1, 0.15) is 37.3 Å². The number of carbonyl (C=O) groups excluding carboxylic acids is 1. The molecule has 0 N–H and O–H groups in total. The molecule has 0 aliphatic heterocycles. The van der Waals surface area contributed by atoms with Crippen LogP contribution in [0.3, 0.4) is 0 Å². The molecule has 0 aromatic heterocycles. The van der Waals surface area contributed by atoms with E-state index in [4.69, 9.17) is 0 Å². The molecule has 2 aliphatic rings. The van der Waals surface area contributed by atoms with Crippen molar-refractivity contribution in [3.8, 4) is 0 Å². The minimum absolute atomic E-state index is 0.0255. The molecule has 2 atom stereocenters. The summed E-state index contributed by atoms with van der Waals surface area (Å²) in [4.78, 5) is 11.8. The van der Waals surface area contributed by atoms with Gasteiger partial charge in [0.05, 0.1) is 0 Å². The Bertz CT molecular complexity index is 427. The Labute approximate surface area is 90.5 Å². The number of aryl methyl sites for hydroxylation is 1. The van der Waals surface area contributed by atoms with Crippen LogP contribution in [0, 0.1) is 12.3 Å². The van der Waals surface area contributed by atoms with E-state index in [1.165, 1.54) is 11.1 Å². The third kappa shape index (κ3) is 0.961. The first kappa shape index (κ1) is 9.14. The van der Waals surface area contributed by atoms with Crippen molar-refractivity contribution in [3.05, 3.63) is 35.4 Å². The van der Waals surface area contributed by atoms with Crippen molar-refractivity contribution < 1.29 is 4.79 Å². The predicted octanol–water partition coefficient (Wildman–Crippen LogP) is 3.01. The largest absolute Gasteiger partial charge is 0.299 e. The van der Waals surface area contributed by atoms with E-state index in [9.17, 15) is 4.79 Å². The normalized spacial score (nSPS) is 37.9. The molecule has 0 radical (unpaired) electrons. The molecule has 0 saturated heterocycles. The maximum Gasteiger partial charge on any atom is 0.139 e. The van der Waals surface area contributed by atoms with E-state index in [0.717, 1.165) is 19.3 Å². The highest BCUT2D eigenvalue weighted by molar-refractivity contribution is 5.93. The summed E-state index contributed by atoms with van der Waals surface area (Å²) in [5.41, 5.74) is 2.85. The van der Waals surface area contributed by atoms with Gasteiger partial charge < -0.3 is 0 Å². The minimum atomic E-state index is -0.0255. The smallest absolute Gasteiger partial charge is 0.139 e. The van der Waals surface area contributed by atoms with Gasteiger partial charge in [-0.05, 0) is 25.3 Å². The van der Waals surface area contributed by atoms with Crippen LogP contribution in [0.25, 0.3) is 0 Å². The molecule has 0 heterocycles. The monoisotopic (exact) mass is 200 g/mol. The fraction of sp³-hybridized carbons (Fsp3) is 0.500. The minimum Gasteiger partial charge on any atom is -0.299 e. The van der Waals surface area contributed by atoms with Gasteiger partial charge in [0.15, 0.2) is 0 Å². The van der Waals surface area contributed by atoms with Gasteiger partial charge >= 0.3 is 0 Å². The van der Waals surface area contributed by atoms with Gasteiger partial charge in [0, 0.05) is 17.3 Å². The molecule has 2 fully saturated rings. The van der Waals surface area contributed by atoms with Crippen molar-refractivity contribution >= 4 is 5.78 Å². The Kier molecular flexibility index (Phi) is 1.54. The van der Waals surface area contributed by atoms with Gasteiger partial charge in [0.1, 0.15) is 5.78 Å². The van der Waals surface area contributed by atoms with E-state index < -0.39 is 0 Å². The van der Waals surface area contributed by atoms with Crippen LogP contribution in [-0.4, -0.2) is 5.78 Å². The molecule has 3 rings (SSSR count). The molecule has 1 nitrogen and oxygen atoms in total. The zero-order chi connectivity index (χ0) is 10.7. The van der Waals surface area contributed by atoms with E-state index in [1.54, 1.807) is 0 Å². The highest BCUT2D eigenvalue weighted by Crippen LogP contribution is 2.71. The topological polar surface area (TPSA) is 17.1 Å². The molecule has 2 aliphatic carbocycles. The van der Waals surface area contributed by atoms with Crippen molar-refractivity contribution in [1.82, 2.24) is 0 Å². The number of ketones is 1. The maximum atomic E-state index is 11.8. The Morgan fingerprint density at radius 3 is 2.33 bits per heavy atom. The zero-order valence-corrected chi connectivity index (χ0v) is 9.34. The SMILES string of the molecule is Cc1ccc([C@@]23CCC(=O)[C@]2(C)C3)cc1. The van der Waals surface area contributed by atoms with Gasteiger partial charge in [-0.1, -0.05) is 36.8 Å². The third-order valence-corrected chi connectivity index (χ3v) is 4.58. The highest BCUT2D eigenvalue weighted by Gasteiger charge is 2.71. The first-order valence-electron chi connectivity index (χ1n) is 5.69. The Morgan fingerprint density at radius 2 is 1.87 bits per heavy atom. The molecule has 0 bridgehead atoms. The number of hydrogen-bond donors (Lipinski definition) is 0. The van der Waals surface area contributed by atoms with Crippen LogP contribution in [0.2, 0.25) is 0 Å². The lowest BCUT2D eigenvalue weighted by Gasteiger charge is -2.14. The number of rotatable bonds is 1. The molecule has 1 heteroatoms. The average molecular weight is 200 g/mol. The molecule has 2 saturated carbocycles. The van der Waals surface area contributed by atoms with Gasteiger partial charge in [0.2, 0.25) is 0 Å². The molecule has 0 spiro atoms. The molecule has 0 unspecified atom stereocenters. The molecule has 1 aromatic carbocycles. The summed E-state index contributed by atoms with van der Waals surface area (Å²) in [5, 5.41) is 0. The number of benzene rings is 1. The molecular formula is C14H16O. The van der Waals surface area contributed by atoms with Gasteiger partial charge in [-0.3, -0.25) is 4.79 Å². The summed E-state index contributed by atoms with van der Waals surface area (Å²) in [6, 6.07) is 8.73. The van der Waals surface area contributed by atoms with Crippen LogP contribution < -0.4 is 0 Å². The second kappa shape index (κ2) is 2.52. The molecule has 78 valence electrons. The van der Waals surface area contributed by atoms with Crippen LogP contribution in [0.5, 0.6) is 0 Å². The fourth-order valence-electron chi connectivity index (χ4n) is 3.33. The van der Waals surface area contributed by atoms with E-state index in [0.29, 0.717) is 5.78 Å². The predicted molar refractivity (Wildman–Crippen MR) is 59.8 cm³/mol. The molecule has 15 heavy (non-hydrogen) atoms. The summed E-state index contributed by atoms with van der Waals surface area (Å²) >= 11 is 0. The second-order valence-electron chi connectivity index (χ2n) is 5.38. The lowest BCUT2D eigenvalue weighted by Crippen LogP contribution is -2.13. The zero-order valence-electron chi connectivity index (χ0n) is 9.34. The first-order chi connectivity index (χ1) is 7.08. The molecule has 0 amide bonds. The molecule has 1 aromatic rings. The van der Waals surface area contributed by atoms with Gasteiger partial charge in [-0.15, -0.1) is 0 Å². The van der Waals surface area contributed by atoms with Crippen LogP contribution in [-0.2, 0) is 10.2 Å². The van der Waals surface area contributed by atoms with E-state index in [1.807, 2.05) is 0 Å². The lowest BCUT2D eigenvalue weighted by atomic mass is 9.89. The molecular weight excluding hydrogens is 184 g/mol. The Morgan fingerprint density at radius 1 is 1.20 bits per heavy atom. The van der Waals surface area contributed by atoms with Crippen molar-refractivity contribution in [2.24, 2.45) is 5.41 Å². The standard InChI is InChI=1S/C14H16O/c1-10-3-5-11(6-4-10)14-8-7-12(15)13(14,2)9-14/h3-6H,7-9H2,1-2H3/t13-,14-/m0/s1. The number of fused-ring (bicyclic) bond motifs is 1. The van der Waals surface area contributed by atoms with Gasteiger partial charge in [-0.25, -0.2) is 0 Å². The Balaban J connectivity index is 2.03. The number of Topliss-reactive ketones (excluding diaryl/α,β-unsaturated/α-hetero) is 1. The quantitative estimate of drug-likeness (QED) is 0.681. The van der Waals surface area contributed by atoms with E-state index in [-0.39, 0.29) is 10.8 Å². The highest BCUT2D eigenvalue weighted by atomic mass is 16.1. The van der Waals surface area contributed by atoms with Crippen LogP contribution in [0.4, 0.5) is 0 Å². The third-order valence-electron chi connectivity index (χ3n) is 4.58. The summed E-state index contributed by atoms with van der Waals surface area (Å²) in [7, 11) is 0. The second-order valence-corrected chi connectivity index (χ2v) is 5.38. The van der Waals surface area contributed by atoms with Gasteiger partial charge in [-0.2, -0.15) is 0 Å².